The maximum atomic E-state index is 13.5. The van der Waals surface area contributed by atoms with E-state index in [1.165, 1.54) is 17.4 Å². The molecule has 0 saturated carbocycles. The van der Waals surface area contributed by atoms with Crippen LogP contribution in [-0.2, 0) is 4.79 Å². The van der Waals surface area contributed by atoms with Crippen LogP contribution in [0.1, 0.15) is 17.4 Å². The van der Waals surface area contributed by atoms with Gasteiger partial charge < -0.3 is 4.74 Å². The first-order valence-corrected chi connectivity index (χ1v) is 9.09. The van der Waals surface area contributed by atoms with E-state index in [1.807, 2.05) is 6.07 Å². The van der Waals surface area contributed by atoms with Crippen LogP contribution in [0.2, 0.25) is 0 Å². The van der Waals surface area contributed by atoms with Gasteiger partial charge >= 0.3 is 0 Å². The lowest BCUT2D eigenvalue weighted by atomic mass is 10.1. The smallest absolute Gasteiger partial charge is 0.266 e. The molecule has 0 bridgehead atoms. The summed E-state index contributed by atoms with van der Waals surface area (Å²) in [5, 5.41) is 11.8. The lowest BCUT2D eigenvalue weighted by molar-refractivity contribution is -0.122. The number of amides is 1. The number of hydrogen-bond donors (Lipinski definition) is 1. The summed E-state index contributed by atoms with van der Waals surface area (Å²) in [6.07, 6.45) is -0.802. The van der Waals surface area contributed by atoms with Crippen LogP contribution in [0.4, 0.5) is 13.9 Å². The average molecular weight is 399 g/mol. The third-order valence-electron chi connectivity index (χ3n) is 3.89. The zero-order valence-corrected chi connectivity index (χ0v) is 15.8. The van der Waals surface area contributed by atoms with Crippen molar-refractivity contribution in [3.05, 3.63) is 64.5 Å². The number of rotatable bonds is 5. The highest BCUT2D eigenvalue weighted by atomic mass is 32.1. The van der Waals surface area contributed by atoms with Gasteiger partial charge in [-0.1, -0.05) is 0 Å². The number of benzene rings is 2. The van der Waals surface area contributed by atoms with Crippen molar-refractivity contribution in [1.82, 2.24) is 4.98 Å². The van der Waals surface area contributed by atoms with Gasteiger partial charge in [-0.15, -0.1) is 11.3 Å². The maximum absolute atomic E-state index is 13.5. The Labute approximate surface area is 164 Å². The quantitative estimate of drug-likeness (QED) is 0.676. The van der Waals surface area contributed by atoms with Crippen molar-refractivity contribution < 1.29 is 18.3 Å². The fraction of sp³-hybridized carbons (Fsp3) is 0.150. The van der Waals surface area contributed by atoms with Crippen LogP contribution in [0.25, 0.3) is 11.3 Å². The van der Waals surface area contributed by atoms with Crippen molar-refractivity contribution in [1.29, 1.82) is 5.26 Å². The first-order chi connectivity index (χ1) is 13.4. The predicted molar refractivity (Wildman–Crippen MR) is 102 cm³/mol. The number of hydrogen-bond acceptors (Lipinski definition) is 5. The molecule has 1 aromatic heterocycles. The van der Waals surface area contributed by atoms with E-state index < -0.39 is 23.6 Å². The zero-order valence-electron chi connectivity index (χ0n) is 15.0. The van der Waals surface area contributed by atoms with E-state index >= 15 is 0 Å². The van der Waals surface area contributed by atoms with E-state index in [-0.39, 0.29) is 0 Å². The maximum Gasteiger partial charge on any atom is 0.266 e. The van der Waals surface area contributed by atoms with Crippen molar-refractivity contribution in [3.63, 3.8) is 0 Å². The Bertz CT molecular complexity index is 1060. The fourth-order valence-corrected chi connectivity index (χ4v) is 3.27. The van der Waals surface area contributed by atoms with Crippen molar-refractivity contribution in [2.45, 2.75) is 20.0 Å². The van der Waals surface area contributed by atoms with Crippen LogP contribution in [0.5, 0.6) is 5.75 Å². The first kappa shape index (κ1) is 19.5. The number of thiazole rings is 1. The van der Waals surface area contributed by atoms with Crippen molar-refractivity contribution in [3.8, 4) is 23.1 Å². The molecule has 5 nitrogen and oxygen atoms in total. The van der Waals surface area contributed by atoms with E-state index in [2.05, 4.69) is 10.3 Å². The SMILES string of the molecule is Cc1sc(NC(=O)C(C)Oc2ccc(C#N)cc2)nc1-c1ccc(F)c(F)c1. The van der Waals surface area contributed by atoms with Crippen LogP contribution in [0.3, 0.4) is 0 Å². The number of aryl methyl sites for hydroxylation is 1. The number of anilines is 1. The molecule has 0 spiro atoms. The number of carbonyl (C=O) groups excluding carboxylic acids is 1. The Balaban J connectivity index is 1.70. The highest BCUT2D eigenvalue weighted by molar-refractivity contribution is 7.16. The molecule has 28 heavy (non-hydrogen) atoms. The van der Waals surface area contributed by atoms with Crippen molar-refractivity contribution in [2.75, 3.05) is 5.32 Å². The molecule has 2 aromatic carbocycles. The number of nitrogens with one attached hydrogen (secondary N) is 1. The van der Waals surface area contributed by atoms with Gasteiger partial charge in [0.25, 0.3) is 5.91 Å². The lowest BCUT2D eigenvalue weighted by Crippen LogP contribution is -2.30. The van der Waals surface area contributed by atoms with Crippen LogP contribution < -0.4 is 10.1 Å². The first-order valence-electron chi connectivity index (χ1n) is 8.28. The summed E-state index contributed by atoms with van der Waals surface area (Å²) in [7, 11) is 0. The minimum absolute atomic E-state index is 0.331. The molecule has 0 radical (unpaired) electrons. The molecule has 1 atom stereocenters. The predicted octanol–water partition coefficient (Wildman–Crippen LogP) is 4.67. The van der Waals surface area contributed by atoms with E-state index in [9.17, 15) is 13.6 Å². The second kappa shape index (κ2) is 8.15. The zero-order chi connectivity index (χ0) is 20.3. The molecular formula is C20H15F2N3O2S. The molecule has 1 N–H and O–H groups in total. The van der Waals surface area contributed by atoms with Crippen molar-refractivity contribution in [2.24, 2.45) is 0 Å². The monoisotopic (exact) mass is 399 g/mol. The number of nitrogens with zero attached hydrogens (tertiary/aromatic N) is 2. The van der Waals surface area contributed by atoms with Gasteiger partial charge in [-0.3, -0.25) is 10.1 Å². The van der Waals surface area contributed by atoms with Crippen LogP contribution >= 0.6 is 11.3 Å². The topological polar surface area (TPSA) is 75.0 Å². The normalized spacial score (nSPS) is 11.5. The van der Waals surface area contributed by atoms with E-state index in [0.29, 0.717) is 27.7 Å². The Hall–Kier alpha value is -3.31. The summed E-state index contributed by atoms with van der Waals surface area (Å²) in [4.78, 5) is 17.4. The summed E-state index contributed by atoms with van der Waals surface area (Å²) in [5.74, 6) is -1.84. The van der Waals surface area contributed by atoms with E-state index in [1.54, 1.807) is 38.1 Å². The standard InChI is InChI=1S/C20H15F2N3O2S/c1-11(27-15-6-3-13(10-23)4-7-15)19(26)25-20-24-18(12(2)28-20)14-5-8-16(21)17(22)9-14/h3-9,11H,1-2H3,(H,24,25,26). The van der Waals surface area contributed by atoms with E-state index in [0.717, 1.165) is 17.0 Å². The average Bonchev–Trinajstić information content (AvgIpc) is 3.04. The molecule has 1 unspecified atom stereocenters. The van der Waals surface area contributed by atoms with Gasteiger partial charge in [0.15, 0.2) is 22.9 Å². The number of carbonyl (C=O) groups is 1. The Morgan fingerprint density at radius 1 is 1.21 bits per heavy atom. The summed E-state index contributed by atoms with van der Waals surface area (Å²) in [5.41, 5.74) is 1.39. The Morgan fingerprint density at radius 3 is 2.57 bits per heavy atom. The largest absolute Gasteiger partial charge is 0.481 e. The summed E-state index contributed by atoms with van der Waals surface area (Å²) < 4.78 is 32.2. The third kappa shape index (κ3) is 4.32. The molecule has 3 aromatic rings. The van der Waals surface area contributed by atoms with Gasteiger partial charge in [-0.25, -0.2) is 13.8 Å². The van der Waals surface area contributed by atoms with Gasteiger partial charge in [0.05, 0.1) is 17.3 Å². The molecule has 8 heteroatoms. The second-order valence-electron chi connectivity index (χ2n) is 5.94. The highest BCUT2D eigenvalue weighted by Crippen LogP contribution is 2.31. The molecule has 3 rings (SSSR count). The molecule has 0 aliphatic rings. The molecule has 0 aliphatic carbocycles. The fourth-order valence-electron chi connectivity index (χ4n) is 2.43. The summed E-state index contributed by atoms with van der Waals surface area (Å²) in [6.45, 7) is 3.37. The number of nitriles is 1. The van der Waals surface area contributed by atoms with Crippen LogP contribution in [0, 0.1) is 29.9 Å². The summed E-state index contributed by atoms with van der Waals surface area (Å²) in [6, 6.07) is 12.0. The van der Waals surface area contributed by atoms with Gasteiger partial charge in [-0.05, 0) is 56.3 Å². The van der Waals surface area contributed by atoms with Crippen LogP contribution in [0.15, 0.2) is 42.5 Å². The molecule has 0 fully saturated rings. The lowest BCUT2D eigenvalue weighted by Gasteiger charge is -2.13. The third-order valence-corrected chi connectivity index (χ3v) is 4.77. The molecule has 1 heterocycles. The molecule has 1 amide bonds. The van der Waals surface area contributed by atoms with E-state index in [4.69, 9.17) is 10.00 Å². The van der Waals surface area contributed by atoms with Gasteiger partial charge in [0, 0.05) is 10.4 Å². The number of ether oxygens (including phenoxy) is 1. The second-order valence-corrected chi connectivity index (χ2v) is 7.14. The van der Waals surface area contributed by atoms with Gasteiger partial charge in [0.1, 0.15) is 5.75 Å². The Morgan fingerprint density at radius 2 is 1.93 bits per heavy atom. The minimum atomic E-state index is -0.958. The minimum Gasteiger partial charge on any atom is -0.481 e. The molecule has 0 saturated heterocycles. The van der Waals surface area contributed by atoms with Crippen LogP contribution in [-0.4, -0.2) is 17.0 Å². The van der Waals surface area contributed by atoms with Gasteiger partial charge in [0.2, 0.25) is 0 Å². The Kier molecular flexibility index (Phi) is 5.66. The molecular weight excluding hydrogens is 384 g/mol. The highest BCUT2D eigenvalue weighted by Gasteiger charge is 2.18. The molecule has 142 valence electrons. The number of halogens is 2. The number of aromatic nitrogens is 1. The molecule has 0 aliphatic heterocycles. The van der Waals surface area contributed by atoms with Gasteiger partial charge in [-0.2, -0.15) is 5.26 Å². The van der Waals surface area contributed by atoms with Crippen molar-refractivity contribution >= 4 is 22.4 Å². The summed E-state index contributed by atoms with van der Waals surface area (Å²) >= 11 is 1.23.